The van der Waals surface area contributed by atoms with Crippen LogP contribution in [0.15, 0.2) is 12.3 Å². The van der Waals surface area contributed by atoms with Crippen LogP contribution in [0.5, 0.6) is 0 Å². The molecule has 1 fully saturated rings. The van der Waals surface area contributed by atoms with E-state index in [1.54, 1.807) is 6.20 Å². The van der Waals surface area contributed by atoms with Gasteiger partial charge in [-0.3, -0.25) is 0 Å². The molecule has 1 aliphatic rings. The summed E-state index contributed by atoms with van der Waals surface area (Å²) >= 11 is 0. The summed E-state index contributed by atoms with van der Waals surface area (Å²) < 4.78 is 5.55. The van der Waals surface area contributed by atoms with Gasteiger partial charge in [-0.05, 0) is 26.0 Å². The first kappa shape index (κ1) is 12.3. The molecule has 0 aromatic carbocycles. The number of hydrogen-bond donors (Lipinski definition) is 2. The van der Waals surface area contributed by atoms with E-state index in [1.807, 2.05) is 13.1 Å². The number of rotatable bonds is 6. The second-order valence-corrected chi connectivity index (χ2v) is 4.23. The van der Waals surface area contributed by atoms with E-state index in [2.05, 4.69) is 20.6 Å². The smallest absolute Gasteiger partial charge is 0.131 e. The Kier molecular flexibility index (Phi) is 4.70. The maximum atomic E-state index is 5.55. The van der Waals surface area contributed by atoms with Crippen LogP contribution < -0.4 is 10.6 Å². The van der Waals surface area contributed by atoms with Gasteiger partial charge in [0.1, 0.15) is 11.6 Å². The molecule has 0 spiro atoms. The molecule has 94 valence electrons. The van der Waals surface area contributed by atoms with Crippen LogP contribution in [0.4, 0.5) is 5.82 Å². The van der Waals surface area contributed by atoms with E-state index in [9.17, 15) is 0 Å². The first-order chi connectivity index (χ1) is 8.38. The highest BCUT2D eigenvalue weighted by molar-refractivity contribution is 5.33. The number of anilines is 1. The zero-order chi connectivity index (χ0) is 11.9. The Morgan fingerprint density at radius 2 is 2.47 bits per heavy atom. The highest BCUT2D eigenvalue weighted by Gasteiger charge is 2.14. The second kappa shape index (κ2) is 6.51. The molecule has 1 aromatic rings. The Morgan fingerprint density at radius 3 is 3.24 bits per heavy atom. The number of ether oxygens (including phenoxy) is 1. The van der Waals surface area contributed by atoms with Crippen molar-refractivity contribution in [1.29, 1.82) is 0 Å². The molecular formula is C12H20N4O. The van der Waals surface area contributed by atoms with Crippen LogP contribution in [-0.2, 0) is 11.2 Å². The van der Waals surface area contributed by atoms with Crippen molar-refractivity contribution in [2.45, 2.75) is 25.4 Å². The van der Waals surface area contributed by atoms with Crippen molar-refractivity contribution in [1.82, 2.24) is 15.3 Å². The first-order valence-electron chi connectivity index (χ1n) is 6.20. The molecule has 0 amide bonds. The van der Waals surface area contributed by atoms with Crippen molar-refractivity contribution in [2.75, 3.05) is 32.1 Å². The number of nitrogens with zero attached hydrogens (tertiary/aromatic N) is 2. The standard InChI is InChI=1S/C12H20N4O/c1-13-6-4-11-14-7-5-12(16-11)15-9-10-3-2-8-17-10/h5,7,10,13H,2-4,6,8-9H2,1H3,(H,14,15,16). The molecule has 0 aliphatic carbocycles. The SMILES string of the molecule is CNCCc1nccc(NCC2CCCO2)n1. The van der Waals surface area contributed by atoms with E-state index in [0.29, 0.717) is 6.10 Å². The normalized spacial score (nSPS) is 19.5. The van der Waals surface area contributed by atoms with Gasteiger partial charge in [0.05, 0.1) is 6.10 Å². The minimum Gasteiger partial charge on any atom is -0.376 e. The van der Waals surface area contributed by atoms with Gasteiger partial charge in [0.15, 0.2) is 0 Å². The lowest BCUT2D eigenvalue weighted by Crippen LogP contribution is -2.19. The lowest BCUT2D eigenvalue weighted by Gasteiger charge is -2.11. The van der Waals surface area contributed by atoms with Gasteiger partial charge >= 0.3 is 0 Å². The van der Waals surface area contributed by atoms with Gasteiger partial charge in [0, 0.05) is 32.3 Å². The summed E-state index contributed by atoms with van der Waals surface area (Å²) in [6.45, 7) is 2.63. The van der Waals surface area contributed by atoms with Crippen molar-refractivity contribution in [3.63, 3.8) is 0 Å². The van der Waals surface area contributed by atoms with Crippen LogP contribution in [0.3, 0.4) is 0 Å². The molecule has 2 N–H and O–H groups in total. The fourth-order valence-corrected chi connectivity index (χ4v) is 1.88. The Morgan fingerprint density at radius 1 is 1.53 bits per heavy atom. The van der Waals surface area contributed by atoms with Crippen molar-refractivity contribution >= 4 is 5.82 Å². The van der Waals surface area contributed by atoms with Gasteiger partial charge in [0.25, 0.3) is 0 Å². The number of aromatic nitrogens is 2. The molecule has 1 atom stereocenters. The van der Waals surface area contributed by atoms with Gasteiger partial charge < -0.3 is 15.4 Å². The van der Waals surface area contributed by atoms with Crippen molar-refractivity contribution < 1.29 is 4.74 Å². The fraction of sp³-hybridized carbons (Fsp3) is 0.667. The minimum absolute atomic E-state index is 0.339. The van der Waals surface area contributed by atoms with Gasteiger partial charge in [-0.25, -0.2) is 9.97 Å². The van der Waals surface area contributed by atoms with Crippen LogP contribution in [0, 0.1) is 0 Å². The Balaban J connectivity index is 1.82. The fourth-order valence-electron chi connectivity index (χ4n) is 1.88. The molecule has 1 aromatic heterocycles. The number of hydrogen-bond acceptors (Lipinski definition) is 5. The first-order valence-corrected chi connectivity index (χ1v) is 6.20. The van der Waals surface area contributed by atoms with Crippen molar-refractivity contribution in [3.8, 4) is 0 Å². The van der Waals surface area contributed by atoms with Crippen LogP contribution in [0.2, 0.25) is 0 Å². The monoisotopic (exact) mass is 236 g/mol. The Labute approximate surface area is 102 Å². The van der Waals surface area contributed by atoms with E-state index >= 15 is 0 Å². The lowest BCUT2D eigenvalue weighted by atomic mass is 10.2. The predicted octanol–water partition coefficient (Wildman–Crippen LogP) is 0.829. The molecule has 1 saturated heterocycles. The lowest BCUT2D eigenvalue weighted by molar-refractivity contribution is 0.120. The number of likely N-dealkylation sites (N-methyl/N-ethyl adjacent to an activating group) is 1. The summed E-state index contributed by atoms with van der Waals surface area (Å²) in [6.07, 6.45) is 5.31. The largest absolute Gasteiger partial charge is 0.376 e. The molecule has 1 aliphatic heterocycles. The average molecular weight is 236 g/mol. The van der Waals surface area contributed by atoms with Crippen molar-refractivity contribution in [3.05, 3.63) is 18.1 Å². The van der Waals surface area contributed by atoms with Gasteiger partial charge in [-0.1, -0.05) is 0 Å². The molecule has 5 nitrogen and oxygen atoms in total. The predicted molar refractivity (Wildman–Crippen MR) is 67.1 cm³/mol. The molecule has 0 bridgehead atoms. The van der Waals surface area contributed by atoms with Crippen LogP contribution in [-0.4, -0.2) is 42.8 Å². The molecule has 2 rings (SSSR count). The van der Waals surface area contributed by atoms with E-state index in [4.69, 9.17) is 4.74 Å². The second-order valence-electron chi connectivity index (χ2n) is 4.23. The van der Waals surface area contributed by atoms with Crippen LogP contribution in [0.1, 0.15) is 18.7 Å². The third-order valence-electron chi connectivity index (χ3n) is 2.84. The molecule has 0 saturated carbocycles. The average Bonchev–Trinajstić information content (AvgIpc) is 2.87. The maximum Gasteiger partial charge on any atom is 0.131 e. The van der Waals surface area contributed by atoms with E-state index < -0.39 is 0 Å². The van der Waals surface area contributed by atoms with Gasteiger partial charge in [0.2, 0.25) is 0 Å². The van der Waals surface area contributed by atoms with Crippen molar-refractivity contribution in [2.24, 2.45) is 0 Å². The van der Waals surface area contributed by atoms with E-state index in [-0.39, 0.29) is 0 Å². The topological polar surface area (TPSA) is 59.1 Å². The van der Waals surface area contributed by atoms with Crippen LogP contribution in [0.25, 0.3) is 0 Å². The zero-order valence-electron chi connectivity index (χ0n) is 10.3. The third kappa shape index (κ3) is 3.94. The summed E-state index contributed by atoms with van der Waals surface area (Å²) in [5.41, 5.74) is 0. The van der Waals surface area contributed by atoms with Gasteiger partial charge in [-0.15, -0.1) is 0 Å². The summed E-state index contributed by atoms with van der Waals surface area (Å²) in [4.78, 5) is 8.69. The quantitative estimate of drug-likeness (QED) is 0.766. The molecule has 1 unspecified atom stereocenters. The number of nitrogens with one attached hydrogen (secondary N) is 2. The molecule has 17 heavy (non-hydrogen) atoms. The minimum atomic E-state index is 0.339. The van der Waals surface area contributed by atoms with Gasteiger partial charge in [-0.2, -0.15) is 0 Å². The third-order valence-corrected chi connectivity index (χ3v) is 2.84. The molecule has 5 heteroatoms. The molecular weight excluding hydrogens is 216 g/mol. The summed E-state index contributed by atoms with van der Waals surface area (Å²) in [5.74, 6) is 1.76. The zero-order valence-corrected chi connectivity index (χ0v) is 10.3. The summed E-state index contributed by atoms with van der Waals surface area (Å²) in [7, 11) is 1.93. The van der Waals surface area contributed by atoms with E-state index in [0.717, 1.165) is 44.2 Å². The maximum absolute atomic E-state index is 5.55. The molecule has 0 radical (unpaired) electrons. The Hall–Kier alpha value is -1.20. The highest BCUT2D eigenvalue weighted by Crippen LogP contribution is 2.12. The Bertz CT molecular complexity index is 339. The summed E-state index contributed by atoms with van der Waals surface area (Å²) in [5, 5.41) is 6.40. The van der Waals surface area contributed by atoms with Crippen LogP contribution >= 0.6 is 0 Å². The summed E-state index contributed by atoms with van der Waals surface area (Å²) in [6, 6.07) is 1.90. The highest BCUT2D eigenvalue weighted by atomic mass is 16.5. The molecule has 2 heterocycles. The van der Waals surface area contributed by atoms with E-state index in [1.165, 1.54) is 6.42 Å².